The number of carbonyl (C=O) groups is 1. The number of thioether (sulfide) groups is 1. The molecule has 0 saturated heterocycles. The number of Topliss-reactive ketones (excluding diaryl/α,β-unsaturated/α-hetero) is 1. The number of pyridine rings is 1. The van der Waals surface area contributed by atoms with E-state index >= 15 is 0 Å². The van der Waals surface area contributed by atoms with Gasteiger partial charge in [-0.1, -0.05) is 11.6 Å². The number of aromatic amines is 1. The van der Waals surface area contributed by atoms with Crippen LogP contribution in [0.4, 0.5) is 13.2 Å². The molecule has 0 aliphatic rings. The highest BCUT2D eigenvalue weighted by atomic mass is 35.5. The number of hydrogen-bond acceptors (Lipinski definition) is 6. The van der Waals surface area contributed by atoms with Gasteiger partial charge in [0.05, 0.1) is 22.5 Å². The quantitative estimate of drug-likeness (QED) is 0.143. The third kappa shape index (κ3) is 6.80. The van der Waals surface area contributed by atoms with E-state index in [-0.39, 0.29) is 55.7 Å². The van der Waals surface area contributed by atoms with Gasteiger partial charge in [0.25, 0.3) is 5.56 Å². The van der Waals surface area contributed by atoms with Gasteiger partial charge in [-0.3, -0.25) is 9.59 Å². The molecule has 2 aromatic heterocycles. The third-order valence-electron chi connectivity index (χ3n) is 5.84. The summed E-state index contributed by atoms with van der Waals surface area (Å²) in [6, 6.07) is 10.8. The summed E-state index contributed by atoms with van der Waals surface area (Å²) < 4.78 is 45.7. The van der Waals surface area contributed by atoms with Crippen LogP contribution in [0.2, 0.25) is 5.02 Å². The highest BCUT2D eigenvalue weighted by Gasteiger charge is 2.31. The monoisotopic (exact) mass is 564 g/mol. The fraction of sp³-hybridized carbons (Fsp3) is 0.259. The van der Waals surface area contributed by atoms with E-state index in [0.717, 1.165) is 36.1 Å². The second-order valence-corrected chi connectivity index (χ2v) is 10.0. The van der Waals surface area contributed by atoms with Gasteiger partial charge < -0.3 is 19.8 Å². The Morgan fingerprint density at radius 1 is 1.13 bits per heavy atom. The van der Waals surface area contributed by atoms with Crippen LogP contribution in [0.25, 0.3) is 22.0 Å². The van der Waals surface area contributed by atoms with Crippen LogP contribution < -0.4 is 10.9 Å². The van der Waals surface area contributed by atoms with Crippen molar-refractivity contribution in [1.29, 1.82) is 0 Å². The number of halogens is 4. The second kappa shape index (κ2) is 12.1. The van der Waals surface area contributed by atoms with Crippen LogP contribution in [0.5, 0.6) is 5.75 Å². The van der Waals surface area contributed by atoms with Gasteiger partial charge >= 0.3 is 6.18 Å². The lowest BCUT2D eigenvalue weighted by atomic mass is 9.98. The summed E-state index contributed by atoms with van der Waals surface area (Å²) in [6.45, 7) is 1.32. The molecule has 4 rings (SSSR count). The highest BCUT2D eigenvalue weighted by Crippen LogP contribution is 2.42. The fourth-order valence-electron chi connectivity index (χ4n) is 3.99. The number of phenolic OH excluding ortho intramolecular Hbond substituents is 1. The molecule has 4 aromatic rings. The van der Waals surface area contributed by atoms with E-state index < -0.39 is 17.3 Å². The van der Waals surface area contributed by atoms with E-state index in [1.165, 1.54) is 24.3 Å². The van der Waals surface area contributed by atoms with E-state index in [1.807, 2.05) is 12.1 Å². The highest BCUT2D eigenvalue weighted by molar-refractivity contribution is 8.00. The lowest BCUT2D eigenvalue weighted by Gasteiger charge is -2.16. The molecule has 2 aromatic carbocycles. The molecule has 0 aliphatic carbocycles. The standard InChI is InChI=1S/C27H24ClF3N2O4S/c28-17-6-8-23(35)21(14-17)24-20-13-16(27(29,30)31)5-7-22(20)33-26(36)25(24)38-15-18(34)3-1-10-32-11-9-19-4-2-12-37-19/h2,4-8,12-14,32,35H,1,3,9-11,15H2,(H,33,36). The minimum atomic E-state index is -4.62. The van der Waals surface area contributed by atoms with E-state index in [2.05, 4.69) is 10.3 Å². The zero-order valence-corrected chi connectivity index (χ0v) is 21.6. The van der Waals surface area contributed by atoms with Gasteiger partial charge in [0.1, 0.15) is 17.3 Å². The molecule has 0 bridgehead atoms. The van der Waals surface area contributed by atoms with Gasteiger partial charge in [-0.05, 0) is 61.5 Å². The Morgan fingerprint density at radius 2 is 1.95 bits per heavy atom. The maximum atomic E-state index is 13.5. The number of fused-ring (bicyclic) bond motifs is 1. The predicted octanol–water partition coefficient (Wildman–Crippen LogP) is 6.44. The van der Waals surface area contributed by atoms with Crippen LogP contribution in [0.1, 0.15) is 24.2 Å². The number of H-pyrrole nitrogens is 1. The molecule has 11 heteroatoms. The number of aromatic hydroxyl groups is 1. The molecule has 0 aliphatic heterocycles. The van der Waals surface area contributed by atoms with Gasteiger partial charge in [0.15, 0.2) is 0 Å². The normalized spacial score (nSPS) is 11.8. The number of ketones is 1. The minimum absolute atomic E-state index is 0.0271. The van der Waals surface area contributed by atoms with Gasteiger partial charge in [-0.25, -0.2) is 0 Å². The number of aromatic nitrogens is 1. The molecule has 0 unspecified atom stereocenters. The molecular weight excluding hydrogens is 541 g/mol. The van der Waals surface area contributed by atoms with Gasteiger partial charge in [0, 0.05) is 46.4 Å². The first-order chi connectivity index (χ1) is 18.1. The smallest absolute Gasteiger partial charge is 0.416 e. The molecule has 200 valence electrons. The van der Waals surface area contributed by atoms with Gasteiger partial charge in [-0.2, -0.15) is 13.2 Å². The number of carbonyl (C=O) groups excluding carboxylic acids is 1. The largest absolute Gasteiger partial charge is 0.507 e. The lowest BCUT2D eigenvalue weighted by Crippen LogP contribution is -2.19. The average molecular weight is 565 g/mol. The summed E-state index contributed by atoms with van der Waals surface area (Å²) in [5, 5.41) is 14.1. The van der Waals surface area contributed by atoms with Gasteiger partial charge in [-0.15, -0.1) is 11.8 Å². The number of alkyl halides is 3. The molecule has 0 radical (unpaired) electrons. The molecular formula is C27H24ClF3N2O4S. The summed E-state index contributed by atoms with van der Waals surface area (Å²) >= 11 is 7.04. The minimum Gasteiger partial charge on any atom is -0.507 e. The Kier molecular flexibility index (Phi) is 8.86. The number of furan rings is 1. The Hall–Kier alpha value is -3.21. The number of hydrogen-bond donors (Lipinski definition) is 3. The van der Waals surface area contributed by atoms with Crippen LogP contribution in [0.15, 0.2) is 68.9 Å². The van der Waals surface area contributed by atoms with Crippen molar-refractivity contribution in [1.82, 2.24) is 10.3 Å². The van der Waals surface area contributed by atoms with E-state index in [9.17, 15) is 27.9 Å². The zero-order valence-electron chi connectivity index (χ0n) is 20.0. The summed E-state index contributed by atoms with van der Waals surface area (Å²) in [5.41, 5.74) is -1.14. The number of rotatable bonds is 11. The first kappa shape index (κ1) is 27.8. The summed E-state index contributed by atoms with van der Waals surface area (Å²) in [7, 11) is 0. The van der Waals surface area contributed by atoms with Crippen molar-refractivity contribution in [3.63, 3.8) is 0 Å². The van der Waals surface area contributed by atoms with Crippen molar-refractivity contribution in [2.24, 2.45) is 0 Å². The SMILES string of the molecule is O=C(CCCNCCc1ccco1)CSc1c(-c2cc(Cl)ccc2O)c2cc(C(F)(F)F)ccc2[nH]c1=O. The molecule has 0 amide bonds. The molecule has 2 heterocycles. The lowest BCUT2D eigenvalue weighted by molar-refractivity contribution is -0.137. The van der Waals surface area contributed by atoms with Crippen molar-refractivity contribution in [3.05, 3.63) is 81.5 Å². The van der Waals surface area contributed by atoms with E-state index in [4.69, 9.17) is 16.0 Å². The van der Waals surface area contributed by atoms with E-state index in [0.29, 0.717) is 19.5 Å². The maximum absolute atomic E-state index is 13.5. The fourth-order valence-corrected chi connectivity index (χ4v) is 5.16. The number of phenols is 1. The van der Waals surface area contributed by atoms with Crippen molar-refractivity contribution in [3.8, 4) is 16.9 Å². The first-order valence-electron chi connectivity index (χ1n) is 11.8. The molecule has 0 spiro atoms. The Bertz CT molecular complexity index is 1490. The molecule has 6 nitrogen and oxygen atoms in total. The van der Waals surface area contributed by atoms with Crippen LogP contribution in [-0.2, 0) is 17.4 Å². The average Bonchev–Trinajstić information content (AvgIpc) is 3.39. The van der Waals surface area contributed by atoms with E-state index in [1.54, 1.807) is 6.26 Å². The molecule has 0 saturated carbocycles. The number of nitrogens with one attached hydrogen (secondary N) is 2. The molecule has 38 heavy (non-hydrogen) atoms. The zero-order chi connectivity index (χ0) is 27.3. The molecule has 0 fully saturated rings. The Morgan fingerprint density at radius 3 is 2.68 bits per heavy atom. The Labute approximate surface area is 225 Å². The summed E-state index contributed by atoms with van der Waals surface area (Å²) in [5.74, 6) is 0.434. The van der Waals surface area contributed by atoms with Crippen LogP contribution in [-0.4, -0.2) is 34.7 Å². The van der Waals surface area contributed by atoms with Crippen molar-refractivity contribution in [2.45, 2.75) is 30.3 Å². The van der Waals surface area contributed by atoms with Gasteiger partial charge in [0.2, 0.25) is 0 Å². The summed E-state index contributed by atoms with van der Waals surface area (Å²) in [4.78, 5) is 28.2. The summed E-state index contributed by atoms with van der Waals surface area (Å²) in [6.07, 6.45) is -1.42. The predicted molar refractivity (Wildman–Crippen MR) is 142 cm³/mol. The topological polar surface area (TPSA) is 95.3 Å². The Balaban J connectivity index is 1.54. The second-order valence-electron chi connectivity index (χ2n) is 8.59. The van der Waals surface area contributed by atoms with Crippen molar-refractivity contribution < 1.29 is 27.5 Å². The van der Waals surface area contributed by atoms with Crippen LogP contribution in [0, 0.1) is 0 Å². The third-order valence-corrected chi connectivity index (χ3v) is 7.22. The van der Waals surface area contributed by atoms with Crippen LogP contribution in [0.3, 0.4) is 0 Å². The molecule has 3 N–H and O–H groups in total. The molecule has 0 atom stereocenters. The first-order valence-corrected chi connectivity index (χ1v) is 13.1. The maximum Gasteiger partial charge on any atom is 0.416 e. The van der Waals surface area contributed by atoms with Crippen molar-refractivity contribution >= 4 is 40.0 Å². The van der Waals surface area contributed by atoms with Crippen molar-refractivity contribution in [2.75, 3.05) is 18.8 Å². The number of benzene rings is 2. The van der Waals surface area contributed by atoms with Crippen LogP contribution >= 0.6 is 23.4 Å².